The third kappa shape index (κ3) is 4.11. The number of carboxylic acids is 1. The summed E-state index contributed by atoms with van der Waals surface area (Å²) in [6, 6.07) is 8.52. The van der Waals surface area contributed by atoms with Crippen LogP contribution in [0.2, 0.25) is 5.02 Å². The summed E-state index contributed by atoms with van der Waals surface area (Å²) >= 11 is 6.31. The van der Waals surface area contributed by atoms with E-state index in [-0.39, 0.29) is 5.56 Å². The van der Waals surface area contributed by atoms with Crippen molar-refractivity contribution in [1.82, 2.24) is 0 Å². The van der Waals surface area contributed by atoms with Gasteiger partial charge >= 0.3 is 5.97 Å². The van der Waals surface area contributed by atoms with E-state index in [1.165, 1.54) is 0 Å². The van der Waals surface area contributed by atoms with E-state index in [1.807, 2.05) is 19.9 Å². The second-order valence-corrected chi connectivity index (χ2v) is 5.62. The van der Waals surface area contributed by atoms with Gasteiger partial charge in [0.1, 0.15) is 0 Å². The molecule has 2 rings (SSSR count). The fourth-order valence-electron chi connectivity index (χ4n) is 2.33. The number of carboxylic acid groups (broad SMARTS) is 1. The molecule has 0 saturated carbocycles. The van der Waals surface area contributed by atoms with Crippen LogP contribution in [0.3, 0.4) is 0 Å². The van der Waals surface area contributed by atoms with E-state index in [4.69, 9.17) is 26.2 Å². The largest absolute Gasteiger partial charge is 0.493 e. The number of hydrogen-bond acceptors (Lipinski definition) is 4. The van der Waals surface area contributed by atoms with Gasteiger partial charge in [-0.3, -0.25) is 0 Å². The predicted molar refractivity (Wildman–Crippen MR) is 94.6 cm³/mol. The van der Waals surface area contributed by atoms with Crippen molar-refractivity contribution < 1.29 is 19.4 Å². The van der Waals surface area contributed by atoms with Crippen LogP contribution in [-0.4, -0.2) is 24.8 Å². The maximum atomic E-state index is 11.0. The number of hydrogen-bond donors (Lipinski definition) is 2. The molecule has 2 N–H and O–H groups in total. The maximum absolute atomic E-state index is 11.0. The molecule has 5 nitrogen and oxygen atoms in total. The molecule has 0 aliphatic rings. The van der Waals surface area contributed by atoms with Crippen molar-refractivity contribution >= 4 is 23.3 Å². The van der Waals surface area contributed by atoms with Gasteiger partial charge in [0, 0.05) is 23.3 Å². The first-order valence-corrected chi connectivity index (χ1v) is 7.91. The van der Waals surface area contributed by atoms with Crippen molar-refractivity contribution in [2.24, 2.45) is 0 Å². The molecular formula is C18H20ClNO4. The van der Waals surface area contributed by atoms with Gasteiger partial charge < -0.3 is 19.9 Å². The number of halogens is 1. The highest BCUT2D eigenvalue weighted by Crippen LogP contribution is 2.34. The molecule has 0 spiro atoms. The van der Waals surface area contributed by atoms with Crippen molar-refractivity contribution in [2.75, 3.05) is 19.0 Å². The lowest BCUT2D eigenvalue weighted by atomic mass is 10.1. The average molecular weight is 350 g/mol. The van der Waals surface area contributed by atoms with Gasteiger partial charge in [0.25, 0.3) is 0 Å². The van der Waals surface area contributed by atoms with Gasteiger partial charge in [0.2, 0.25) is 0 Å². The summed E-state index contributed by atoms with van der Waals surface area (Å²) in [6.45, 7) is 4.76. The normalized spacial score (nSPS) is 10.3. The molecule has 0 aliphatic heterocycles. The molecule has 6 heteroatoms. The number of ether oxygens (including phenoxy) is 2. The molecule has 0 amide bonds. The summed E-state index contributed by atoms with van der Waals surface area (Å²) in [5.74, 6) is 0.288. The molecule has 0 bridgehead atoms. The molecule has 24 heavy (non-hydrogen) atoms. The van der Waals surface area contributed by atoms with E-state index < -0.39 is 5.97 Å². The molecule has 0 heterocycles. The van der Waals surface area contributed by atoms with Crippen LogP contribution in [0.1, 0.15) is 28.4 Å². The van der Waals surface area contributed by atoms with Crippen molar-refractivity contribution in [3.8, 4) is 11.5 Å². The fraction of sp³-hybridized carbons (Fsp3) is 0.278. The second-order valence-electron chi connectivity index (χ2n) is 5.22. The minimum Gasteiger partial charge on any atom is -0.493 e. The maximum Gasteiger partial charge on any atom is 0.335 e. The number of benzene rings is 2. The number of aromatic carboxylic acids is 1. The minimum absolute atomic E-state index is 0.263. The highest BCUT2D eigenvalue weighted by Gasteiger charge is 2.11. The number of methoxy groups -OCH3 is 1. The monoisotopic (exact) mass is 349 g/mol. The van der Waals surface area contributed by atoms with Gasteiger partial charge in [0.05, 0.1) is 19.3 Å². The van der Waals surface area contributed by atoms with Crippen LogP contribution in [0.25, 0.3) is 0 Å². The van der Waals surface area contributed by atoms with Crippen LogP contribution in [0, 0.1) is 6.92 Å². The van der Waals surface area contributed by atoms with Crippen molar-refractivity contribution in [3.05, 3.63) is 52.0 Å². The molecule has 0 saturated heterocycles. The third-order valence-corrected chi connectivity index (χ3v) is 3.93. The van der Waals surface area contributed by atoms with E-state index in [0.29, 0.717) is 29.7 Å². The lowest BCUT2D eigenvalue weighted by Crippen LogP contribution is -2.05. The lowest BCUT2D eigenvalue weighted by molar-refractivity contribution is 0.0697. The Morgan fingerprint density at radius 1 is 1.25 bits per heavy atom. The molecule has 0 radical (unpaired) electrons. The molecule has 0 fully saturated rings. The van der Waals surface area contributed by atoms with Crippen LogP contribution >= 0.6 is 11.6 Å². The topological polar surface area (TPSA) is 67.8 Å². The highest BCUT2D eigenvalue weighted by atomic mass is 35.5. The molecule has 0 unspecified atom stereocenters. The fourth-order valence-corrected chi connectivity index (χ4v) is 2.55. The standard InChI is InChI=1S/C18H20ClNO4/c1-4-24-17-9-14(19)13(8-16(17)23-3)10-20-15-6-5-12(18(21)22)7-11(15)2/h5-9,20H,4,10H2,1-3H3,(H,21,22). The van der Waals surface area contributed by atoms with Gasteiger partial charge in [-0.2, -0.15) is 0 Å². The Balaban J connectivity index is 2.18. The number of aryl methyl sites for hydroxylation is 1. The van der Waals surface area contributed by atoms with Crippen LogP contribution < -0.4 is 14.8 Å². The molecule has 0 atom stereocenters. The SMILES string of the molecule is CCOc1cc(Cl)c(CNc2ccc(C(=O)O)cc2C)cc1OC. The first kappa shape index (κ1) is 17.9. The van der Waals surface area contributed by atoms with Crippen LogP contribution in [-0.2, 0) is 6.54 Å². The Bertz CT molecular complexity index is 746. The first-order valence-electron chi connectivity index (χ1n) is 7.53. The third-order valence-electron chi connectivity index (χ3n) is 3.58. The van der Waals surface area contributed by atoms with Crippen LogP contribution in [0.5, 0.6) is 11.5 Å². The zero-order valence-electron chi connectivity index (χ0n) is 13.9. The molecule has 128 valence electrons. The Kier molecular flexibility index (Phi) is 5.93. The number of nitrogens with one attached hydrogen (secondary N) is 1. The summed E-state index contributed by atoms with van der Waals surface area (Å²) in [5.41, 5.74) is 2.82. The highest BCUT2D eigenvalue weighted by molar-refractivity contribution is 6.31. The molecular weight excluding hydrogens is 330 g/mol. The van der Waals surface area contributed by atoms with Gasteiger partial charge in [-0.15, -0.1) is 0 Å². The van der Waals surface area contributed by atoms with E-state index in [1.54, 1.807) is 31.4 Å². The van der Waals surface area contributed by atoms with Crippen molar-refractivity contribution in [2.45, 2.75) is 20.4 Å². The van der Waals surface area contributed by atoms with Gasteiger partial charge in [-0.1, -0.05) is 11.6 Å². The van der Waals surface area contributed by atoms with Crippen molar-refractivity contribution in [3.63, 3.8) is 0 Å². The predicted octanol–water partition coefficient (Wildman–Crippen LogP) is 4.37. The minimum atomic E-state index is -0.941. The molecule has 2 aromatic carbocycles. The van der Waals surface area contributed by atoms with E-state index in [0.717, 1.165) is 16.8 Å². The van der Waals surface area contributed by atoms with Gasteiger partial charge in [-0.05, 0) is 49.2 Å². The average Bonchev–Trinajstić information content (AvgIpc) is 2.55. The summed E-state index contributed by atoms with van der Waals surface area (Å²) in [5, 5.41) is 12.8. The smallest absolute Gasteiger partial charge is 0.335 e. The van der Waals surface area contributed by atoms with Gasteiger partial charge in [0.15, 0.2) is 11.5 Å². The van der Waals surface area contributed by atoms with Gasteiger partial charge in [-0.25, -0.2) is 4.79 Å². The zero-order valence-corrected chi connectivity index (χ0v) is 14.6. The first-order chi connectivity index (χ1) is 11.5. The molecule has 2 aromatic rings. The van der Waals surface area contributed by atoms with Crippen LogP contribution in [0.4, 0.5) is 5.69 Å². The number of carbonyl (C=O) groups is 1. The van der Waals surface area contributed by atoms with E-state index in [9.17, 15) is 4.79 Å². The summed E-state index contributed by atoms with van der Waals surface area (Å²) in [4.78, 5) is 11.0. The summed E-state index contributed by atoms with van der Waals surface area (Å²) < 4.78 is 10.8. The Morgan fingerprint density at radius 2 is 2.00 bits per heavy atom. The van der Waals surface area contributed by atoms with E-state index in [2.05, 4.69) is 5.32 Å². The quantitative estimate of drug-likeness (QED) is 0.777. The zero-order chi connectivity index (χ0) is 17.7. The Morgan fingerprint density at radius 3 is 2.58 bits per heavy atom. The Hall–Kier alpha value is -2.40. The second kappa shape index (κ2) is 7.93. The molecule has 0 aromatic heterocycles. The van der Waals surface area contributed by atoms with Crippen molar-refractivity contribution in [1.29, 1.82) is 0 Å². The van der Waals surface area contributed by atoms with E-state index >= 15 is 0 Å². The summed E-state index contributed by atoms with van der Waals surface area (Å²) in [7, 11) is 1.58. The lowest BCUT2D eigenvalue weighted by Gasteiger charge is -2.15. The van der Waals surface area contributed by atoms with Crippen LogP contribution in [0.15, 0.2) is 30.3 Å². The Labute approximate surface area is 146 Å². The molecule has 0 aliphatic carbocycles. The summed E-state index contributed by atoms with van der Waals surface area (Å²) in [6.07, 6.45) is 0. The number of rotatable bonds is 7. The number of anilines is 1.